The minimum absolute atomic E-state index is 0.203. The lowest BCUT2D eigenvalue weighted by atomic mass is 9.69. The van der Waals surface area contributed by atoms with E-state index in [9.17, 15) is 14.4 Å². The molecule has 1 aliphatic heterocycles. The monoisotopic (exact) mass is 427 g/mol. The van der Waals surface area contributed by atoms with Crippen molar-refractivity contribution in [1.82, 2.24) is 5.32 Å². The maximum absolute atomic E-state index is 13.6. The molecule has 3 rings (SSSR count). The first-order valence-electron chi connectivity index (χ1n) is 10.6. The largest absolute Gasteiger partial charge is 0.497 e. The van der Waals surface area contributed by atoms with Gasteiger partial charge in [0.05, 0.1) is 25.9 Å². The van der Waals surface area contributed by atoms with Gasteiger partial charge in [-0.15, -0.1) is 0 Å². The van der Waals surface area contributed by atoms with Gasteiger partial charge in [0.15, 0.2) is 5.78 Å². The van der Waals surface area contributed by atoms with E-state index in [0.29, 0.717) is 29.0 Å². The van der Waals surface area contributed by atoms with Gasteiger partial charge in [-0.3, -0.25) is 9.59 Å². The molecule has 1 aliphatic carbocycles. The normalized spacial score (nSPS) is 23.1. The Morgan fingerprint density at radius 2 is 1.74 bits per heavy atom. The fraction of sp³-hybridized carbons (Fsp3) is 0.458. The molecule has 2 aliphatic rings. The van der Waals surface area contributed by atoms with Crippen LogP contribution in [0.3, 0.4) is 0 Å². The van der Waals surface area contributed by atoms with Gasteiger partial charge in [-0.05, 0) is 50.8 Å². The van der Waals surface area contributed by atoms with E-state index in [1.807, 2.05) is 19.1 Å². The molecule has 0 aromatic heterocycles. The van der Waals surface area contributed by atoms with Crippen LogP contribution >= 0.6 is 0 Å². The lowest BCUT2D eigenvalue weighted by Gasteiger charge is -2.38. The van der Waals surface area contributed by atoms with Gasteiger partial charge < -0.3 is 19.5 Å². The van der Waals surface area contributed by atoms with Gasteiger partial charge in [0, 0.05) is 22.9 Å². The Kier molecular flexibility index (Phi) is 6.83. The van der Waals surface area contributed by atoms with Crippen LogP contribution in [0.15, 0.2) is 46.8 Å². The van der Waals surface area contributed by atoms with Crippen LogP contribution in [0.1, 0.15) is 45.6 Å². The van der Waals surface area contributed by atoms with Gasteiger partial charge in [0.25, 0.3) is 0 Å². The summed E-state index contributed by atoms with van der Waals surface area (Å²) in [6.07, 6.45) is 0.505. The van der Waals surface area contributed by atoms with Crippen LogP contribution in [-0.2, 0) is 23.9 Å². The van der Waals surface area contributed by atoms with Crippen molar-refractivity contribution in [3.63, 3.8) is 0 Å². The first kappa shape index (κ1) is 22.6. The Bertz CT molecular complexity index is 943. The number of methoxy groups -OCH3 is 1. The van der Waals surface area contributed by atoms with Crippen molar-refractivity contribution >= 4 is 17.7 Å². The third-order valence-electron chi connectivity index (χ3n) is 5.77. The fourth-order valence-corrected chi connectivity index (χ4v) is 4.39. The number of dihydropyridines is 1. The number of rotatable bonds is 6. The Hall–Kier alpha value is -3.09. The molecule has 0 radical (unpaired) electrons. The van der Waals surface area contributed by atoms with E-state index in [4.69, 9.17) is 14.2 Å². The number of allylic oxidation sites excluding steroid dienone is 3. The number of esters is 2. The molecule has 7 heteroatoms. The number of hydrogen-bond donors (Lipinski definition) is 1. The third-order valence-corrected chi connectivity index (χ3v) is 5.77. The molecular formula is C24H29NO6. The second-order valence-electron chi connectivity index (χ2n) is 7.76. The summed E-state index contributed by atoms with van der Waals surface area (Å²) in [5.74, 6) is -2.41. The van der Waals surface area contributed by atoms with Crippen LogP contribution in [0.2, 0.25) is 0 Å². The summed E-state index contributed by atoms with van der Waals surface area (Å²) in [4.78, 5) is 39.1. The first-order valence-corrected chi connectivity index (χ1v) is 10.6. The molecule has 1 aromatic carbocycles. The average Bonchev–Trinajstić information content (AvgIpc) is 2.73. The van der Waals surface area contributed by atoms with Crippen molar-refractivity contribution < 1.29 is 28.6 Å². The molecule has 1 heterocycles. The first-order chi connectivity index (χ1) is 14.8. The molecule has 0 unspecified atom stereocenters. The Labute approximate surface area is 182 Å². The van der Waals surface area contributed by atoms with Crippen molar-refractivity contribution in [1.29, 1.82) is 0 Å². The molecule has 166 valence electrons. The van der Waals surface area contributed by atoms with Crippen molar-refractivity contribution in [3.8, 4) is 5.75 Å². The van der Waals surface area contributed by atoms with Crippen LogP contribution in [0.25, 0.3) is 0 Å². The number of ketones is 1. The zero-order valence-corrected chi connectivity index (χ0v) is 18.6. The minimum atomic E-state index is -0.900. The SMILES string of the molecule is CCOC(=O)C1=C(C)NC2=C(C(=O)[C@H](C(=O)OCC)[C@@H](C)C2)[C@@H]1c1ccc(OC)cc1. The smallest absolute Gasteiger partial charge is 0.336 e. The highest BCUT2D eigenvalue weighted by atomic mass is 16.5. The molecule has 0 saturated heterocycles. The summed E-state index contributed by atoms with van der Waals surface area (Å²) in [5, 5.41) is 3.24. The Morgan fingerprint density at radius 3 is 2.32 bits per heavy atom. The molecule has 1 aromatic rings. The molecule has 0 bridgehead atoms. The van der Waals surface area contributed by atoms with Crippen LogP contribution in [0, 0.1) is 11.8 Å². The molecular weight excluding hydrogens is 398 g/mol. The molecule has 0 amide bonds. The van der Waals surface area contributed by atoms with Crippen molar-refractivity contribution in [2.45, 2.75) is 40.0 Å². The highest BCUT2D eigenvalue weighted by Gasteiger charge is 2.47. The summed E-state index contributed by atoms with van der Waals surface area (Å²) < 4.78 is 15.7. The maximum atomic E-state index is 13.6. The van der Waals surface area contributed by atoms with E-state index >= 15 is 0 Å². The molecule has 0 spiro atoms. The number of carbonyl (C=O) groups is 3. The molecule has 1 N–H and O–H groups in total. The number of Topliss-reactive ketones (excluding diaryl/α,β-unsaturated/α-hetero) is 1. The number of carbonyl (C=O) groups excluding carboxylic acids is 3. The second-order valence-corrected chi connectivity index (χ2v) is 7.76. The maximum Gasteiger partial charge on any atom is 0.336 e. The lowest BCUT2D eigenvalue weighted by Crippen LogP contribution is -2.43. The van der Waals surface area contributed by atoms with E-state index in [2.05, 4.69) is 5.32 Å². The van der Waals surface area contributed by atoms with Crippen LogP contribution in [0.5, 0.6) is 5.75 Å². The predicted molar refractivity (Wildman–Crippen MR) is 114 cm³/mol. The van der Waals surface area contributed by atoms with E-state index < -0.39 is 23.8 Å². The van der Waals surface area contributed by atoms with Gasteiger partial charge in [-0.25, -0.2) is 4.79 Å². The van der Waals surface area contributed by atoms with Gasteiger partial charge in [-0.1, -0.05) is 19.1 Å². The fourth-order valence-electron chi connectivity index (χ4n) is 4.39. The number of benzene rings is 1. The number of hydrogen-bond acceptors (Lipinski definition) is 7. The third kappa shape index (κ3) is 4.22. The quantitative estimate of drug-likeness (QED) is 0.550. The molecule has 31 heavy (non-hydrogen) atoms. The standard InChI is InChI=1S/C24H29NO6/c1-6-30-23(27)18-13(3)12-17-21(22(18)26)20(15-8-10-16(29-5)11-9-15)19(14(4)25-17)24(28)31-7-2/h8-11,13,18,20,25H,6-7,12H2,1-5H3/t13-,18+,20+/m0/s1. The van der Waals surface area contributed by atoms with Gasteiger partial charge >= 0.3 is 11.9 Å². The summed E-state index contributed by atoms with van der Waals surface area (Å²) in [5.41, 5.74) is 2.94. The molecule has 7 nitrogen and oxygen atoms in total. The summed E-state index contributed by atoms with van der Waals surface area (Å²) in [6.45, 7) is 7.54. The summed E-state index contributed by atoms with van der Waals surface area (Å²) in [7, 11) is 1.57. The minimum Gasteiger partial charge on any atom is -0.497 e. The molecule has 3 atom stereocenters. The summed E-state index contributed by atoms with van der Waals surface area (Å²) in [6, 6.07) is 7.23. The lowest BCUT2D eigenvalue weighted by molar-refractivity contribution is -0.153. The van der Waals surface area contributed by atoms with Crippen molar-refractivity contribution in [3.05, 3.63) is 52.4 Å². The average molecular weight is 427 g/mol. The van der Waals surface area contributed by atoms with E-state index in [0.717, 1.165) is 11.3 Å². The van der Waals surface area contributed by atoms with Crippen molar-refractivity contribution in [2.75, 3.05) is 20.3 Å². The Morgan fingerprint density at radius 1 is 1.10 bits per heavy atom. The highest BCUT2D eigenvalue weighted by Crippen LogP contribution is 2.45. The summed E-state index contributed by atoms with van der Waals surface area (Å²) >= 11 is 0. The molecule has 0 fully saturated rings. The van der Waals surface area contributed by atoms with Crippen LogP contribution < -0.4 is 10.1 Å². The van der Waals surface area contributed by atoms with Crippen molar-refractivity contribution in [2.24, 2.45) is 11.8 Å². The van der Waals surface area contributed by atoms with Gasteiger partial charge in [0.2, 0.25) is 0 Å². The number of ether oxygens (including phenoxy) is 3. The van der Waals surface area contributed by atoms with E-state index in [1.54, 1.807) is 40.0 Å². The zero-order chi connectivity index (χ0) is 22.7. The van der Waals surface area contributed by atoms with E-state index in [1.165, 1.54) is 0 Å². The zero-order valence-electron chi connectivity index (χ0n) is 18.6. The van der Waals surface area contributed by atoms with Crippen LogP contribution in [0.4, 0.5) is 0 Å². The second kappa shape index (κ2) is 9.37. The van der Waals surface area contributed by atoms with Gasteiger partial charge in [0.1, 0.15) is 11.7 Å². The predicted octanol–water partition coefficient (Wildman–Crippen LogP) is 3.26. The topological polar surface area (TPSA) is 90.9 Å². The Balaban J connectivity index is 2.14. The highest BCUT2D eigenvalue weighted by molar-refractivity contribution is 6.12. The van der Waals surface area contributed by atoms with Crippen LogP contribution in [-0.4, -0.2) is 38.0 Å². The molecule has 0 saturated carbocycles. The number of nitrogens with one attached hydrogen (secondary N) is 1. The van der Waals surface area contributed by atoms with Gasteiger partial charge in [-0.2, -0.15) is 0 Å². The van der Waals surface area contributed by atoms with E-state index in [-0.39, 0.29) is 24.9 Å².